The summed E-state index contributed by atoms with van der Waals surface area (Å²) in [6.45, 7) is 3.33. The topological polar surface area (TPSA) is 59.4 Å². The van der Waals surface area contributed by atoms with Crippen molar-refractivity contribution in [1.29, 1.82) is 0 Å². The Bertz CT molecular complexity index is 566. The maximum atomic E-state index is 12.0. The van der Waals surface area contributed by atoms with Gasteiger partial charge in [-0.1, -0.05) is 5.92 Å². The van der Waals surface area contributed by atoms with Crippen LogP contribution < -0.4 is 10.9 Å². The highest BCUT2D eigenvalue weighted by molar-refractivity contribution is 9.10. The number of terminal acetylenes is 1. The average molecular weight is 341 g/mol. The van der Waals surface area contributed by atoms with E-state index in [0.29, 0.717) is 16.7 Å². The molecule has 0 bridgehead atoms. The van der Waals surface area contributed by atoms with E-state index in [1.54, 1.807) is 6.20 Å². The summed E-state index contributed by atoms with van der Waals surface area (Å²) in [6.07, 6.45) is 6.88. The van der Waals surface area contributed by atoms with E-state index in [-0.39, 0.29) is 18.2 Å². The van der Waals surface area contributed by atoms with E-state index in [4.69, 9.17) is 11.2 Å². The van der Waals surface area contributed by atoms with Crippen LogP contribution in [0.2, 0.25) is 0 Å². The maximum absolute atomic E-state index is 12.0. The Morgan fingerprint density at radius 3 is 3.20 bits per heavy atom. The van der Waals surface area contributed by atoms with Crippen molar-refractivity contribution in [2.75, 3.05) is 38.6 Å². The number of halogens is 1. The summed E-state index contributed by atoms with van der Waals surface area (Å²) in [4.78, 5) is 14.2. The molecule has 0 amide bonds. The number of ether oxygens (including phenoxy) is 1. The molecule has 0 radical (unpaired) electrons. The summed E-state index contributed by atoms with van der Waals surface area (Å²) in [5, 5.41) is 7.21. The van der Waals surface area contributed by atoms with Crippen molar-refractivity contribution in [3.63, 3.8) is 0 Å². The Morgan fingerprint density at radius 2 is 2.50 bits per heavy atom. The van der Waals surface area contributed by atoms with E-state index in [1.807, 2.05) is 0 Å². The van der Waals surface area contributed by atoms with Crippen LogP contribution >= 0.6 is 15.9 Å². The van der Waals surface area contributed by atoms with Crippen LogP contribution in [0.25, 0.3) is 0 Å². The fourth-order valence-corrected chi connectivity index (χ4v) is 2.45. The number of hydrogen-bond acceptors (Lipinski definition) is 5. The van der Waals surface area contributed by atoms with Gasteiger partial charge in [0, 0.05) is 19.6 Å². The summed E-state index contributed by atoms with van der Waals surface area (Å²) in [6, 6.07) is 0. The quantitative estimate of drug-likeness (QED) is 0.803. The average Bonchev–Trinajstić information content (AvgIpc) is 2.43. The molecule has 108 valence electrons. The van der Waals surface area contributed by atoms with Gasteiger partial charge in [-0.15, -0.1) is 6.42 Å². The van der Waals surface area contributed by atoms with Crippen molar-refractivity contribution in [2.45, 2.75) is 12.6 Å². The molecule has 1 unspecified atom stereocenters. The van der Waals surface area contributed by atoms with Crippen molar-refractivity contribution >= 4 is 21.6 Å². The molecule has 1 aromatic heterocycles. The van der Waals surface area contributed by atoms with E-state index < -0.39 is 0 Å². The molecule has 6 nitrogen and oxygen atoms in total. The lowest BCUT2D eigenvalue weighted by molar-refractivity contribution is -0.0117. The monoisotopic (exact) mass is 340 g/mol. The van der Waals surface area contributed by atoms with Crippen molar-refractivity contribution in [3.05, 3.63) is 21.0 Å². The second-order valence-corrected chi connectivity index (χ2v) is 5.47. The zero-order chi connectivity index (χ0) is 14.5. The minimum atomic E-state index is -0.241. The predicted molar refractivity (Wildman–Crippen MR) is 80.8 cm³/mol. The van der Waals surface area contributed by atoms with E-state index >= 15 is 0 Å². The molecule has 2 rings (SSSR count). The molecule has 1 aliphatic heterocycles. The van der Waals surface area contributed by atoms with Crippen molar-refractivity contribution in [2.24, 2.45) is 0 Å². The molecular formula is C13H17BrN4O2. The molecule has 0 aromatic carbocycles. The molecule has 1 fully saturated rings. The first-order chi connectivity index (χ1) is 9.61. The smallest absolute Gasteiger partial charge is 0.284 e. The largest absolute Gasteiger partial charge is 0.380 e. The zero-order valence-electron chi connectivity index (χ0n) is 11.3. The van der Waals surface area contributed by atoms with E-state index in [2.05, 4.69) is 44.2 Å². The molecule has 1 N–H and O–H groups in total. The van der Waals surface area contributed by atoms with E-state index in [0.717, 1.165) is 19.7 Å². The van der Waals surface area contributed by atoms with Gasteiger partial charge in [0.2, 0.25) is 0 Å². The number of morpholine rings is 1. The normalized spacial score (nSPS) is 19.6. The summed E-state index contributed by atoms with van der Waals surface area (Å²) in [7, 11) is 2.06. The fourth-order valence-electron chi connectivity index (χ4n) is 2.00. The molecule has 7 heteroatoms. The van der Waals surface area contributed by atoms with E-state index in [1.165, 1.54) is 4.68 Å². The van der Waals surface area contributed by atoms with Gasteiger partial charge in [-0.25, -0.2) is 4.68 Å². The molecule has 0 saturated carbocycles. The molecule has 1 atom stereocenters. The Hall–Kier alpha value is -1.36. The highest BCUT2D eigenvalue weighted by Crippen LogP contribution is 2.16. The third-order valence-electron chi connectivity index (χ3n) is 3.09. The molecule has 1 saturated heterocycles. The van der Waals surface area contributed by atoms with Gasteiger partial charge in [0.05, 0.1) is 24.6 Å². The Kier molecular flexibility index (Phi) is 5.17. The lowest BCUT2D eigenvalue weighted by atomic mass is 10.3. The second kappa shape index (κ2) is 6.88. The van der Waals surface area contributed by atoms with Crippen LogP contribution in [-0.4, -0.2) is 54.1 Å². The first-order valence-electron chi connectivity index (χ1n) is 6.35. The number of hydrogen-bond donors (Lipinski definition) is 1. The first-order valence-corrected chi connectivity index (χ1v) is 7.14. The minimum absolute atomic E-state index is 0.105. The predicted octanol–water partition coefficient (Wildman–Crippen LogP) is 0.382. The highest BCUT2D eigenvalue weighted by Gasteiger charge is 2.18. The molecule has 0 aliphatic carbocycles. The Balaban J connectivity index is 2.01. The van der Waals surface area contributed by atoms with Crippen molar-refractivity contribution < 1.29 is 4.74 Å². The summed E-state index contributed by atoms with van der Waals surface area (Å²) >= 11 is 3.28. The number of rotatable bonds is 4. The third kappa shape index (κ3) is 3.60. The standard InChI is InChI=1S/C13H17BrN4O2/c1-3-4-18-13(19)12(14)11(8-16-18)15-7-10-9-17(2)5-6-20-10/h1,8,10,15H,4-7,9H2,2H3. The van der Waals surface area contributed by atoms with Gasteiger partial charge in [-0.3, -0.25) is 4.79 Å². The van der Waals surface area contributed by atoms with Crippen molar-refractivity contribution in [3.8, 4) is 12.3 Å². The first kappa shape index (κ1) is 15.0. The maximum Gasteiger partial charge on any atom is 0.284 e. The minimum Gasteiger partial charge on any atom is -0.380 e. The summed E-state index contributed by atoms with van der Waals surface area (Å²) in [5.74, 6) is 2.39. The van der Waals surface area contributed by atoms with Crippen molar-refractivity contribution in [1.82, 2.24) is 14.7 Å². The summed E-state index contributed by atoms with van der Waals surface area (Å²) < 4.78 is 7.33. The number of anilines is 1. The number of aromatic nitrogens is 2. The van der Waals surface area contributed by atoms with Crippen LogP contribution in [0.4, 0.5) is 5.69 Å². The molecule has 0 spiro atoms. The van der Waals surface area contributed by atoms with Gasteiger partial charge in [0.15, 0.2) is 0 Å². The van der Waals surface area contributed by atoms with Crippen LogP contribution in [0.15, 0.2) is 15.5 Å². The SMILES string of the molecule is C#CCn1ncc(NCC2CN(C)CCO2)c(Br)c1=O. The van der Waals surface area contributed by atoms with Gasteiger partial charge in [0.25, 0.3) is 5.56 Å². The molecule has 2 heterocycles. The van der Waals surface area contributed by atoms with Crippen LogP contribution in [0.3, 0.4) is 0 Å². The Morgan fingerprint density at radius 1 is 1.70 bits per heavy atom. The van der Waals surface area contributed by atoms with E-state index in [9.17, 15) is 4.79 Å². The van der Waals surface area contributed by atoms with Gasteiger partial charge >= 0.3 is 0 Å². The van der Waals surface area contributed by atoms with Crippen LogP contribution in [-0.2, 0) is 11.3 Å². The highest BCUT2D eigenvalue weighted by atomic mass is 79.9. The molecular weight excluding hydrogens is 324 g/mol. The number of nitrogens with zero attached hydrogens (tertiary/aromatic N) is 3. The molecule has 20 heavy (non-hydrogen) atoms. The van der Waals surface area contributed by atoms with Crippen LogP contribution in [0, 0.1) is 12.3 Å². The molecule has 1 aromatic rings. The second-order valence-electron chi connectivity index (χ2n) is 4.68. The Labute approximate surface area is 126 Å². The van der Waals surface area contributed by atoms with Crippen LogP contribution in [0.5, 0.6) is 0 Å². The lowest BCUT2D eigenvalue weighted by Gasteiger charge is -2.30. The van der Waals surface area contributed by atoms with Gasteiger partial charge in [-0.05, 0) is 23.0 Å². The number of likely N-dealkylation sites (N-methyl/N-ethyl adjacent to an activating group) is 1. The lowest BCUT2D eigenvalue weighted by Crippen LogP contribution is -2.43. The summed E-state index contributed by atoms with van der Waals surface area (Å²) in [5.41, 5.74) is 0.412. The third-order valence-corrected chi connectivity index (χ3v) is 3.85. The van der Waals surface area contributed by atoms with Gasteiger partial charge in [0.1, 0.15) is 11.0 Å². The number of nitrogens with one attached hydrogen (secondary N) is 1. The zero-order valence-corrected chi connectivity index (χ0v) is 12.9. The fraction of sp³-hybridized carbons (Fsp3) is 0.538. The van der Waals surface area contributed by atoms with Gasteiger partial charge in [-0.2, -0.15) is 5.10 Å². The van der Waals surface area contributed by atoms with Gasteiger partial charge < -0.3 is 15.0 Å². The van der Waals surface area contributed by atoms with Crippen LogP contribution in [0.1, 0.15) is 0 Å². The molecule has 1 aliphatic rings.